The third kappa shape index (κ3) is 2.71. The molecule has 0 bridgehead atoms. The number of allylic oxidation sites excluding steroid dienone is 1. The van der Waals surface area contributed by atoms with Crippen LogP contribution < -0.4 is 0 Å². The normalized spacial score (nSPS) is 6.71. The van der Waals surface area contributed by atoms with Gasteiger partial charge in [0, 0.05) is 0 Å². The van der Waals surface area contributed by atoms with Crippen LogP contribution in [0.2, 0.25) is 0 Å². The van der Waals surface area contributed by atoms with Crippen LogP contribution >= 0.6 is 0 Å². The maximum absolute atomic E-state index is 9.64. The molecule has 0 fully saturated rings. The summed E-state index contributed by atoms with van der Waals surface area (Å²) >= 11 is 0. The summed E-state index contributed by atoms with van der Waals surface area (Å²) in [6, 6.07) is 1.79. The Balaban J connectivity index is 3.42. The summed E-state index contributed by atoms with van der Waals surface area (Å²) in [4.78, 5) is 9.64. The van der Waals surface area contributed by atoms with Gasteiger partial charge in [-0.2, -0.15) is 5.26 Å². The lowest BCUT2D eigenvalue weighted by Gasteiger charge is -1.76. The molecule has 0 amide bonds. The van der Waals surface area contributed by atoms with Gasteiger partial charge in [-0.05, 0) is 5.57 Å². The lowest BCUT2D eigenvalue weighted by atomic mass is 10.3. The van der Waals surface area contributed by atoms with Crippen molar-refractivity contribution in [2.45, 2.75) is 6.42 Å². The van der Waals surface area contributed by atoms with Crippen LogP contribution in [0.25, 0.3) is 0 Å². The molecule has 0 N–H and O–H groups in total. The van der Waals surface area contributed by atoms with Crippen molar-refractivity contribution in [3.63, 3.8) is 0 Å². The van der Waals surface area contributed by atoms with Crippen LogP contribution in [0.4, 0.5) is 0 Å². The fourth-order valence-electron chi connectivity index (χ4n) is 0.143. The molecule has 0 aromatic rings. The first-order valence-corrected chi connectivity index (χ1v) is 1.81. The first-order valence-electron chi connectivity index (χ1n) is 1.81. The van der Waals surface area contributed by atoms with Crippen LogP contribution in [0.15, 0.2) is 12.2 Å². The molecule has 0 heterocycles. The molecule has 0 aliphatic carbocycles. The van der Waals surface area contributed by atoms with Gasteiger partial charge in [0.05, 0.1) is 12.5 Å². The van der Waals surface area contributed by atoms with Gasteiger partial charge >= 0.3 is 0 Å². The van der Waals surface area contributed by atoms with E-state index in [1.807, 2.05) is 0 Å². The minimum absolute atomic E-state index is 0.142. The second-order valence-corrected chi connectivity index (χ2v) is 1.11. The van der Waals surface area contributed by atoms with Gasteiger partial charge in [0.15, 0.2) is 0 Å². The van der Waals surface area contributed by atoms with E-state index in [9.17, 15) is 4.79 Å². The summed E-state index contributed by atoms with van der Waals surface area (Å²) in [7, 11) is 0. The average molecular weight is 95.1 g/mol. The molecule has 0 saturated carbocycles. The topological polar surface area (TPSA) is 40.9 Å². The van der Waals surface area contributed by atoms with Gasteiger partial charge in [-0.3, -0.25) is 4.79 Å². The molecule has 36 valence electrons. The molecule has 0 saturated heterocycles. The predicted molar refractivity (Wildman–Crippen MR) is 25.4 cm³/mol. The first-order chi connectivity index (χ1) is 3.31. The number of hydrogen-bond donors (Lipinski definition) is 0. The SMILES string of the molecule is C=C(C=O)CC#N. The highest BCUT2D eigenvalue weighted by Crippen LogP contribution is 1.87. The second-order valence-electron chi connectivity index (χ2n) is 1.11. The van der Waals surface area contributed by atoms with E-state index < -0.39 is 0 Å². The number of hydrogen-bond acceptors (Lipinski definition) is 2. The Kier molecular flexibility index (Phi) is 2.62. The van der Waals surface area contributed by atoms with E-state index in [1.54, 1.807) is 6.07 Å². The highest BCUT2D eigenvalue weighted by Gasteiger charge is 1.83. The molecular weight excluding hydrogens is 90.1 g/mol. The largest absolute Gasteiger partial charge is 0.298 e. The van der Waals surface area contributed by atoms with Gasteiger partial charge in [-0.25, -0.2) is 0 Å². The smallest absolute Gasteiger partial charge is 0.146 e. The van der Waals surface area contributed by atoms with Gasteiger partial charge in [0.1, 0.15) is 6.29 Å². The standard InChI is InChI=1S/C5H5NO/c1-5(4-7)2-3-6/h4H,1-2H2. The molecule has 2 nitrogen and oxygen atoms in total. The van der Waals surface area contributed by atoms with Gasteiger partial charge in [-0.15, -0.1) is 0 Å². The Hall–Kier alpha value is -1.10. The minimum Gasteiger partial charge on any atom is -0.298 e. The van der Waals surface area contributed by atoms with Crippen LogP contribution in [0.5, 0.6) is 0 Å². The Bertz CT molecular complexity index is 121. The van der Waals surface area contributed by atoms with Crippen molar-refractivity contribution in [3.8, 4) is 6.07 Å². The molecule has 0 aromatic carbocycles. The van der Waals surface area contributed by atoms with Crippen molar-refractivity contribution in [1.82, 2.24) is 0 Å². The maximum atomic E-state index is 9.64. The molecule has 0 rings (SSSR count). The van der Waals surface area contributed by atoms with Crippen molar-refractivity contribution < 1.29 is 4.79 Å². The third-order valence-electron chi connectivity index (χ3n) is 0.473. The van der Waals surface area contributed by atoms with Gasteiger partial charge < -0.3 is 0 Å². The molecule has 0 aromatic heterocycles. The highest BCUT2D eigenvalue weighted by atomic mass is 16.1. The fourth-order valence-corrected chi connectivity index (χ4v) is 0.143. The number of carbonyl (C=O) groups is 1. The molecule has 0 aliphatic rings. The predicted octanol–water partition coefficient (Wildman–Crippen LogP) is 0.655. The van der Waals surface area contributed by atoms with Crippen LogP contribution in [0, 0.1) is 11.3 Å². The summed E-state index contributed by atoms with van der Waals surface area (Å²) in [5, 5.41) is 7.90. The third-order valence-corrected chi connectivity index (χ3v) is 0.473. The van der Waals surface area contributed by atoms with Crippen LogP contribution in [0.3, 0.4) is 0 Å². The van der Waals surface area contributed by atoms with Gasteiger partial charge in [-0.1, -0.05) is 6.58 Å². The number of aldehydes is 1. The number of nitrogens with zero attached hydrogens (tertiary/aromatic N) is 1. The van der Waals surface area contributed by atoms with Crippen molar-refractivity contribution in [1.29, 1.82) is 5.26 Å². The van der Waals surface area contributed by atoms with Crippen molar-refractivity contribution in [3.05, 3.63) is 12.2 Å². The maximum Gasteiger partial charge on any atom is 0.146 e. The summed E-state index contributed by atoms with van der Waals surface area (Å²) in [5.74, 6) is 0. The molecule has 0 radical (unpaired) electrons. The Morgan fingerprint density at radius 2 is 2.57 bits per heavy atom. The van der Waals surface area contributed by atoms with Gasteiger partial charge in [0.2, 0.25) is 0 Å². The van der Waals surface area contributed by atoms with Crippen LogP contribution in [-0.2, 0) is 4.79 Å². The fraction of sp³-hybridized carbons (Fsp3) is 0.200. The Morgan fingerprint density at radius 3 is 2.71 bits per heavy atom. The van der Waals surface area contributed by atoms with E-state index in [2.05, 4.69) is 6.58 Å². The van der Waals surface area contributed by atoms with E-state index in [1.165, 1.54) is 0 Å². The number of carbonyl (C=O) groups excluding carboxylic acids is 1. The molecule has 0 unspecified atom stereocenters. The van der Waals surface area contributed by atoms with Crippen molar-refractivity contribution in [2.24, 2.45) is 0 Å². The highest BCUT2D eigenvalue weighted by molar-refractivity contribution is 5.72. The zero-order valence-corrected chi connectivity index (χ0v) is 3.85. The summed E-state index contributed by atoms with van der Waals surface area (Å²) < 4.78 is 0. The average Bonchev–Trinajstić information content (AvgIpc) is 1.68. The first kappa shape index (κ1) is 5.90. The van der Waals surface area contributed by atoms with Crippen LogP contribution in [0.1, 0.15) is 6.42 Å². The minimum atomic E-state index is 0.142. The van der Waals surface area contributed by atoms with E-state index >= 15 is 0 Å². The quantitative estimate of drug-likeness (QED) is 0.373. The van der Waals surface area contributed by atoms with E-state index in [0.29, 0.717) is 11.9 Å². The number of rotatable bonds is 2. The lowest BCUT2D eigenvalue weighted by molar-refractivity contribution is -0.104. The van der Waals surface area contributed by atoms with Gasteiger partial charge in [0.25, 0.3) is 0 Å². The zero-order chi connectivity index (χ0) is 5.70. The molecular formula is C5H5NO. The molecule has 2 heteroatoms. The molecule has 0 atom stereocenters. The van der Waals surface area contributed by atoms with E-state index in [0.717, 1.165) is 0 Å². The van der Waals surface area contributed by atoms with Crippen molar-refractivity contribution >= 4 is 6.29 Å². The lowest BCUT2D eigenvalue weighted by Crippen LogP contribution is -1.76. The Morgan fingerprint density at radius 1 is 2.00 bits per heavy atom. The second kappa shape index (κ2) is 3.10. The van der Waals surface area contributed by atoms with Crippen LogP contribution in [-0.4, -0.2) is 6.29 Å². The summed E-state index contributed by atoms with van der Waals surface area (Å²) in [6.07, 6.45) is 0.729. The Labute approximate surface area is 42.1 Å². The van der Waals surface area contributed by atoms with E-state index in [-0.39, 0.29) is 6.42 Å². The molecule has 7 heavy (non-hydrogen) atoms. The molecule has 0 aliphatic heterocycles. The van der Waals surface area contributed by atoms with E-state index in [4.69, 9.17) is 5.26 Å². The van der Waals surface area contributed by atoms with Crippen molar-refractivity contribution in [2.75, 3.05) is 0 Å². The summed E-state index contributed by atoms with van der Waals surface area (Å²) in [6.45, 7) is 3.27. The number of nitriles is 1. The monoisotopic (exact) mass is 95.0 g/mol. The zero-order valence-electron chi connectivity index (χ0n) is 3.85. The summed E-state index contributed by atoms with van der Waals surface area (Å²) in [5.41, 5.74) is 0.336. The molecule has 0 spiro atoms.